The van der Waals surface area contributed by atoms with Gasteiger partial charge < -0.3 is 19.8 Å². The number of nitrogens with zero attached hydrogens (tertiary/aromatic N) is 2. The molecule has 0 radical (unpaired) electrons. The van der Waals surface area contributed by atoms with Crippen LogP contribution in [0.2, 0.25) is 0 Å². The molecule has 5 rings (SSSR count). The first-order chi connectivity index (χ1) is 17.0. The summed E-state index contributed by atoms with van der Waals surface area (Å²) in [5, 5.41) is 3.12. The van der Waals surface area contributed by atoms with Crippen molar-refractivity contribution < 1.29 is 18.7 Å². The smallest absolute Gasteiger partial charge is 0.223 e. The maximum atomic E-state index is 13.5. The average Bonchev–Trinajstić information content (AvgIpc) is 3.35. The fraction of sp³-hybridized carbons (Fsp3) is 0.444. The number of carbonyl (C=O) groups excluding carboxylic acids is 1. The molecule has 2 aromatic heterocycles. The van der Waals surface area contributed by atoms with E-state index in [2.05, 4.69) is 22.2 Å². The zero-order valence-electron chi connectivity index (χ0n) is 19.9. The van der Waals surface area contributed by atoms with Crippen LogP contribution in [0, 0.1) is 17.2 Å². The van der Waals surface area contributed by atoms with Crippen LogP contribution in [-0.2, 0) is 14.3 Å². The summed E-state index contributed by atoms with van der Waals surface area (Å²) < 4.78 is 25.7. The predicted molar refractivity (Wildman–Crippen MR) is 130 cm³/mol. The minimum Gasteiger partial charge on any atom is -0.355 e. The van der Waals surface area contributed by atoms with E-state index in [1.807, 2.05) is 12.1 Å². The molecule has 0 atom stereocenters. The van der Waals surface area contributed by atoms with Crippen LogP contribution < -0.4 is 5.32 Å². The molecule has 0 unspecified atom stereocenters. The Morgan fingerprint density at radius 1 is 1.06 bits per heavy atom. The van der Waals surface area contributed by atoms with Gasteiger partial charge in [0.25, 0.3) is 0 Å². The molecule has 1 aromatic carbocycles. The maximum absolute atomic E-state index is 13.5. The Balaban J connectivity index is 1.28. The third-order valence-corrected chi connectivity index (χ3v) is 6.86. The van der Waals surface area contributed by atoms with Gasteiger partial charge in [-0.3, -0.25) is 9.78 Å². The number of rotatable bonds is 6. The van der Waals surface area contributed by atoms with Crippen molar-refractivity contribution in [3.63, 3.8) is 0 Å². The van der Waals surface area contributed by atoms with E-state index in [0.717, 1.165) is 42.5 Å². The lowest BCUT2D eigenvalue weighted by molar-refractivity contribution is -0.232. The zero-order chi connectivity index (χ0) is 24.3. The largest absolute Gasteiger partial charge is 0.355 e. The monoisotopic (exact) mass is 478 g/mol. The van der Waals surface area contributed by atoms with Gasteiger partial charge in [-0.1, -0.05) is 26.2 Å². The number of ether oxygens (including phenoxy) is 2. The van der Waals surface area contributed by atoms with Gasteiger partial charge in [-0.25, -0.2) is 9.37 Å². The Labute approximate surface area is 204 Å². The van der Waals surface area contributed by atoms with Gasteiger partial charge in [0, 0.05) is 41.4 Å². The van der Waals surface area contributed by atoms with E-state index in [4.69, 9.17) is 14.5 Å². The normalized spacial score (nSPS) is 23.2. The Kier molecular flexibility index (Phi) is 6.92. The van der Waals surface area contributed by atoms with Crippen LogP contribution in [0.15, 0.2) is 48.8 Å². The molecule has 3 aromatic rings. The molecule has 1 amide bonds. The molecule has 2 aliphatic rings. The van der Waals surface area contributed by atoms with Crippen molar-refractivity contribution in [1.82, 2.24) is 20.3 Å². The van der Waals surface area contributed by atoms with Crippen molar-refractivity contribution in [2.24, 2.45) is 11.3 Å². The second kappa shape index (κ2) is 10.3. The molecule has 2 fully saturated rings. The minimum absolute atomic E-state index is 0.130. The summed E-state index contributed by atoms with van der Waals surface area (Å²) in [6, 6.07) is 10.0. The van der Waals surface area contributed by atoms with Crippen molar-refractivity contribution in [3.8, 4) is 22.5 Å². The molecular formula is C27H31FN4O3. The molecular weight excluding hydrogens is 447 g/mol. The lowest BCUT2D eigenvalue weighted by Gasteiger charge is -2.37. The summed E-state index contributed by atoms with van der Waals surface area (Å²) in [5.41, 5.74) is 2.85. The first-order valence-electron chi connectivity index (χ1n) is 12.3. The Bertz CT molecular complexity index is 1130. The first kappa shape index (κ1) is 23.6. The van der Waals surface area contributed by atoms with Crippen LogP contribution >= 0.6 is 0 Å². The summed E-state index contributed by atoms with van der Waals surface area (Å²) in [4.78, 5) is 24.8. The molecule has 1 aliphatic carbocycles. The quantitative estimate of drug-likeness (QED) is 0.519. The van der Waals surface area contributed by atoms with E-state index in [-0.39, 0.29) is 23.1 Å². The van der Waals surface area contributed by atoms with Gasteiger partial charge in [0.05, 0.1) is 24.6 Å². The van der Waals surface area contributed by atoms with E-state index in [9.17, 15) is 9.18 Å². The minimum atomic E-state index is -0.660. The van der Waals surface area contributed by atoms with Gasteiger partial charge in [-0.05, 0) is 49.2 Å². The Morgan fingerprint density at radius 3 is 2.43 bits per heavy atom. The fourth-order valence-electron chi connectivity index (χ4n) is 4.76. The molecule has 7 nitrogen and oxygen atoms in total. The van der Waals surface area contributed by atoms with Crippen LogP contribution in [0.3, 0.4) is 0 Å². The lowest BCUT2D eigenvalue weighted by Crippen LogP contribution is -2.46. The number of amides is 1. The number of nitrogens with one attached hydrogen (secondary N) is 2. The standard InChI is InChI=1S/C27H31FN4O3/c1-27(15-30-25(33)20-5-3-2-4-6-20)16-34-26(35-17-27)24-31-22(18-7-9-21(28)10-8-18)23(32-24)19-11-13-29-14-12-19/h7-14,20,26H,2-6,15-17H2,1H3,(H,30,33)(H,31,32). The van der Waals surface area contributed by atoms with Crippen molar-refractivity contribution in [2.75, 3.05) is 19.8 Å². The summed E-state index contributed by atoms with van der Waals surface area (Å²) in [6.45, 7) is 3.43. The van der Waals surface area contributed by atoms with Crippen LogP contribution in [0.5, 0.6) is 0 Å². The average molecular weight is 479 g/mol. The van der Waals surface area contributed by atoms with Gasteiger partial charge in [-0.15, -0.1) is 0 Å². The van der Waals surface area contributed by atoms with Crippen LogP contribution in [-0.4, -0.2) is 40.6 Å². The van der Waals surface area contributed by atoms with Crippen LogP contribution in [0.4, 0.5) is 4.39 Å². The van der Waals surface area contributed by atoms with Gasteiger partial charge in [-0.2, -0.15) is 0 Å². The molecule has 35 heavy (non-hydrogen) atoms. The summed E-state index contributed by atoms with van der Waals surface area (Å²) in [7, 11) is 0. The molecule has 0 spiro atoms. The van der Waals surface area contributed by atoms with E-state index >= 15 is 0 Å². The number of aromatic amines is 1. The number of hydrogen-bond donors (Lipinski definition) is 2. The third-order valence-electron chi connectivity index (χ3n) is 6.86. The molecule has 8 heteroatoms. The number of imidazole rings is 1. The molecule has 2 N–H and O–H groups in total. The van der Waals surface area contributed by atoms with Crippen LogP contribution in [0.25, 0.3) is 22.5 Å². The van der Waals surface area contributed by atoms with E-state index in [0.29, 0.717) is 31.3 Å². The lowest BCUT2D eigenvalue weighted by atomic mass is 9.87. The summed E-state index contributed by atoms with van der Waals surface area (Å²) in [5.74, 6) is 0.517. The summed E-state index contributed by atoms with van der Waals surface area (Å²) >= 11 is 0. The van der Waals surface area contributed by atoms with Crippen molar-refractivity contribution in [2.45, 2.75) is 45.3 Å². The van der Waals surface area contributed by atoms with Crippen molar-refractivity contribution >= 4 is 5.91 Å². The number of hydrogen-bond acceptors (Lipinski definition) is 5. The number of pyridine rings is 1. The molecule has 0 bridgehead atoms. The van der Waals surface area contributed by atoms with E-state index in [1.165, 1.54) is 18.6 Å². The molecule has 1 aliphatic heterocycles. The molecule has 1 saturated carbocycles. The van der Waals surface area contributed by atoms with E-state index < -0.39 is 6.29 Å². The SMILES string of the molecule is CC1(CNC(=O)C2CCCCC2)COC(c2nc(-c3ccc(F)cc3)c(-c3ccncc3)[nH]2)OC1. The topological polar surface area (TPSA) is 89.1 Å². The fourth-order valence-corrected chi connectivity index (χ4v) is 4.76. The number of benzene rings is 1. The predicted octanol–water partition coefficient (Wildman–Crippen LogP) is 5.03. The highest BCUT2D eigenvalue weighted by molar-refractivity contribution is 5.79. The van der Waals surface area contributed by atoms with E-state index in [1.54, 1.807) is 24.5 Å². The first-order valence-corrected chi connectivity index (χ1v) is 12.3. The van der Waals surface area contributed by atoms with Crippen molar-refractivity contribution in [3.05, 3.63) is 60.4 Å². The Morgan fingerprint density at radius 2 is 1.74 bits per heavy atom. The van der Waals surface area contributed by atoms with Crippen LogP contribution in [0.1, 0.15) is 51.1 Å². The number of halogens is 1. The Hall–Kier alpha value is -3.10. The second-order valence-electron chi connectivity index (χ2n) is 9.91. The molecule has 3 heterocycles. The molecule has 1 saturated heterocycles. The highest BCUT2D eigenvalue weighted by Crippen LogP contribution is 2.35. The maximum Gasteiger partial charge on any atom is 0.223 e. The van der Waals surface area contributed by atoms with Crippen molar-refractivity contribution in [1.29, 1.82) is 0 Å². The molecule has 184 valence electrons. The zero-order valence-corrected chi connectivity index (χ0v) is 19.9. The van der Waals surface area contributed by atoms with Gasteiger partial charge in [0.2, 0.25) is 12.2 Å². The van der Waals surface area contributed by atoms with Gasteiger partial charge >= 0.3 is 0 Å². The number of aromatic nitrogens is 3. The van der Waals surface area contributed by atoms with Gasteiger partial charge in [0.1, 0.15) is 5.82 Å². The third kappa shape index (κ3) is 5.44. The number of carbonyl (C=O) groups is 1. The second-order valence-corrected chi connectivity index (χ2v) is 9.91. The summed E-state index contributed by atoms with van der Waals surface area (Å²) in [6.07, 6.45) is 8.21. The van der Waals surface area contributed by atoms with Gasteiger partial charge in [0.15, 0.2) is 5.82 Å². The highest BCUT2D eigenvalue weighted by atomic mass is 19.1. The number of H-pyrrole nitrogens is 1. The highest BCUT2D eigenvalue weighted by Gasteiger charge is 2.36.